The summed E-state index contributed by atoms with van der Waals surface area (Å²) in [6.07, 6.45) is 1.50. The molecule has 0 bridgehead atoms. The Balaban J connectivity index is 0. The van der Waals surface area contributed by atoms with Gasteiger partial charge in [0.15, 0.2) is 0 Å². The molecule has 0 heterocycles. The SMILES string of the molecule is C[S+]([O-])S.F. The van der Waals surface area contributed by atoms with Gasteiger partial charge in [-0.2, -0.15) is 0 Å². The van der Waals surface area contributed by atoms with E-state index in [9.17, 15) is 4.55 Å². The number of hydrogen-bond donors (Lipinski definition) is 1. The fraction of sp³-hybridized carbons (Fsp3) is 1.00. The Morgan fingerprint density at radius 1 is 1.80 bits per heavy atom. The van der Waals surface area contributed by atoms with Gasteiger partial charge in [-0.1, -0.05) is 0 Å². The highest BCUT2D eigenvalue weighted by Crippen LogP contribution is 1.82. The van der Waals surface area contributed by atoms with Crippen LogP contribution in [0.2, 0.25) is 0 Å². The van der Waals surface area contributed by atoms with Crippen molar-refractivity contribution in [2.45, 2.75) is 0 Å². The first kappa shape index (κ1) is 9.14. The summed E-state index contributed by atoms with van der Waals surface area (Å²) in [6.45, 7) is 0. The Bertz CT molecular complexity index is 14.4. The standard InChI is InChI=1S/CH4OS2.FH/c1-4(2)3;/h1H3,(H,2,3);1H. The quantitative estimate of drug-likeness (QED) is 0.276. The van der Waals surface area contributed by atoms with Crippen LogP contribution >= 0.6 is 11.7 Å². The average molecular weight is 116 g/mol. The Morgan fingerprint density at radius 2 is 1.80 bits per heavy atom. The highest BCUT2D eigenvalue weighted by molar-refractivity contribution is 8.63. The first-order valence-electron chi connectivity index (χ1n) is 0.757. The molecule has 0 spiro atoms. The Labute approximate surface area is 38.1 Å². The van der Waals surface area contributed by atoms with Gasteiger partial charge in [0, 0.05) is 10.2 Å². The van der Waals surface area contributed by atoms with Gasteiger partial charge in [0.2, 0.25) is 0 Å². The summed E-state index contributed by atoms with van der Waals surface area (Å²) in [5, 5.41) is 0. The van der Waals surface area contributed by atoms with Crippen molar-refractivity contribution in [3.8, 4) is 0 Å². The molecule has 0 radical (unpaired) electrons. The number of rotatable bonds is 0. The van der Waals surface area contributed by atoms with E-state index in [-0.39, 0.29) is 4.70 Å². The van der Waals surface area contributed by atoms with Crippen LogP contribution in [-0.4, -0.2) is 10.8 Å². The summed E-state index contributed by atoms with van der Waals surface area (Å²) in [5.41, 5.74) is 0. The molecule has 1 nitrogen and oxygen atoms in total. The molecule has 0 aromatic rings. The molecule has 1 unspecified atom stereocenters. The van der Waals surface area contributed by atoms with Gasteiger partial charge in [-0.25, -0.2) is 0 Å². The summed E-state index contributed by atoms with van der Waals surface area (Å²) in [7, 11) is -0.917. The maximum absolute atomic E-state index is 9.42. The smallest absolute Gasteiger partial charge is 0.107 e. The van der Waals surface area contributed by atoms with E-state index in [1.165, 1.54) is 6.26 Å². The lowest BCUT2D eigenvalue weighted by Gasteiger charge is -1.84. The molecule has 0 saturated heterocycles. The van der Waals surface area contributed by atoms with Crippen LogP contribution in [0.5, 0.6) is 0 Å². The van der Waals surface area contributed by atoms with E-state index in [0.717, 1.165) is 0 Å². The third-order valence-corrected chi connectivity index (χ3v) is 0. The van der Waals surface area contributed by atoms with Gasteiger partial charge < -0.3 is 4.55 Å². The fourth-order valence-corrected chi connectivity index (χ4v) is 0. The lowest BCUT2D eigenvalue weighted by molar-refractivity contribution is 0.615. The zero-order valence-corrected chi connectivity index (χ0v) is 4.38. The van der Waals surface area contributed by atoms with Crippen LogP contribution in [0.25, 0.3) is 0 Å². The lowest BCUT2D eigenvalue weighted by atomic mass is 12.0. The molecule has 0 fully saturated rings. The van der Waals surface area contributed by atoms with Crippen molar-refractivity contribution in [1.29, 1.82) is 0 Å². The van der Waals surface area contributed by atoms with Gasteiger partial charge in [0.25, 0.3) is 0 Å². The largest absolute Gasteiger partial charge is 0.606 e. The number of halogens is 1. The molecule has 34 valence electrons. The molecule has 0 saturated carbocycles. The monoisotopic (exact) mass is 116 g/mol. The van der Waals surface area contributed by atoms with E-state index >= 15 is 0 Å². The van der Waals surface area contributed by atoms with E-state index < -0.39 is 10.2 Å². The van der Waals surface area contributed by atoms with Crippen molar-refractivity contribution in [3.05, 3.63) is 0 Å². The van der Waals surface area contributed by atoms with Crippen molar-refractivity contribution in [2.24, 2.45) is 0 Å². The first-order chi connectivity index (χ1) is 1.73. The van der Waals surface area contributed by atoms with Gasteiger partial charge in [0.05, 0.1) is 11.7 Å². The zero-order chi connectivity index (χ0) is 3.58. The van der Waals surface area contributed by atoms with Crippen LogP contribution in [0.4, 0.5) is 4.70 Å². The number of thiol groups is 1. The maximum Gasteiger partial charge on any atom is 0.107 e. The van der Waals surface area contributed by atoms with Gasteiger partial charge in [0.1, 0.15) is 6.26 Å². The second-order valence-corrected chi connectivity index (χ2v) is 2.81. The highest BCUT2D eigenvalue weighted by Gasteiger charge is 1.70. The highest BCUT2D eigenvalue weighted by atomic mass is 33.1. The van der Waals surface area contributed by atoms with Crippen LogP contribution < -0.4 is 0 Å². The predicted octanol–water partition coefficient (Wildman–Crippen LogP) is 0.362. The molecule has 1 atom stereocenters. The van der Waals surface area contributed by atoms with Gasteiger partial charge in [-0.05, 0) is 0 Å². The minimum atomic E-state index is -0.917. The molecule has 0 amide bonds. The molecule has 4 heteroatoms. The molecule has 0 aromatic carbocycles. The van der Waals surface area contributed by atoms with Crippen molar-refractivity contribution in [3.63, 3.8) is 0 Å². The normalized spacial score (nSPS) is 12.6. The van der Waals surface area contributed by atoms with Crippen LogP contribution in [0, 0.1) is 0 Å². The van der Waals surface area contributed by atoms with E-state index in [1.807, 2.05) is 0 Å². The van der Waals surface area contributed by atoms with Gasteiger partial charge in [-0.15, -0.1) is 0 Å². The van der Waals surface area contributed by atoms with Crippen LogP contribution in [0.15, 0.2) is 0 Å². The van der Waals surface area contributed by atoms with E-state index in [4.69, 9.17) is 0 Å². The molecule has 0 rings (SSSR count). The van der Waals surface area contributed by atoms with E-state index in [2.05, 4.69) is 11.7 Å². The molecule has 0 aliphatic carbocycles. The Kier molecular flexibility index (Phi) is 8.39. The second kappa shape index (κ2) is 4.59. The number of hydrogen-bond acceptors (Lipinski definition) is 2. The van der Waals surface area contributed by atoms with Crippen molar-refractivity contribution in [1.82, 2.24) is 0 Å². The molecular weight excluding hydrogens is 111 g/mol. The zero-order valence-electron chi connectivity index (χ0n) is 2.67. The Morgan fingerprint density at radius 3 is 1.80 bits per heavy atom. The molecule has 0 aliphatic rings. The minimum Gasteiger partial charge on any atom is -0.606 e. The lowest BCUT2D eigenvalue weighted by Crippen LogP contribution is -1.76. The second-order valence-electron chi connectivity index (χ2n) is 0.424. The summed E-state index contributed by atoms with van der Waals surface area (Å²) in [4.78, 5) is 0. The molecule has 0 aromatic heterocycles. The van der Waals surface area contributed by atoms with Crippen molar-refractivity contribution in [2.75, 3.05) is 6.26 Å². The molecular formula is CH5FOS2. The minimum absolute atomic E-state index is 0. The van der Waals surface area contributed by atoms with E-state index in [1.54, 1.807) is 0 Å². The van der Waals surface area contributed by atoms with Crippen molar-refractivity contribution >= 4 is 21.9 Å². The fourth-order valence-electron chi connectivity index (χ4n) is 0. The summed E-state index contributed by atoms with van der Waals surface area (Å²) in [5.74, 6) is 0. The average Bonchev–Trinajstić information content (AvgIpc) is 0.811. The van der Waals surface area contributed by atoms with Crippen LogP contribution in [0.1, 0.15) is 0 Å². The maximum atomic E-state index is 9.42. The summed E-state index contributed by atoms with van der Waals surface area (Å²) < 4.78 is 9.42. The summed E-state index contributed by atoms with van der Waals surface area (Å²) in [6, 6.07) is 0. The third-order valence-electron chi connectivity index (χ3n) is 0. The molecule has 0 N–H and O–H groups in total. The predicted molar refractivity (Wildman–Crippen MR) is 25.6 cm³/mol. The van der Waals surface area contributed by atoms with Gasteiger partial charge >= 0.3 is 0 Å². The Hall–Kier alpha value is 0.590. The third kappa shape index (κ3) is 88.5. The van der Waals surface area contributed by atoms with Gasteiger partial charge in [-0.3, -0.25) is 4.70 Å². The first-order valence-corrected chi connectivity index (χ1v) is 3.37. The molecule has 5 heavy (non-hydrogen) atoms. The van der Waals surface area contributed by atoms with Crippen LogP contribution in [0.3, 0.4) is 0 Å². The molecule has 0 aliphatic heterocycles. The topological polar surface area (TPSA) is 23.1 Å². The van der Waals surface area contributed by atoms with Crippen LogP contribution in [-0.2, 0) is 10.2 Å². The van der Waals surface area contributed by atoms with E-state index in [0.29, 0.717) is 0 Å². The van der Waals surface area contributed by atoms with Crippen molar-refractivity contribution < 1.29 is 9.26 Å². The summed E-state index contributed by atoms with van der Waals surface area (Å²) >= 11 is 3.44.